The van der Waals surface area contributed by atoms with Gasteiger partial charge in [0.25, 0.3) is 0 Å². The van der Waals surface area contributed by atoms with Crippen LogP contribution in [0.4, 0.5) is 0 Å². The van der Waals surface area contributed by atoms with E-state index in [-0.39, 0.29) is 5.69 Å². The smallest absolute Gasteiger partial charge is 0.360 e. The lowest BCUT2D eigenvalue weighted by Gasteiger charge is -1.98. The Balaban J connectivity index is 1.98. The van der Waals surface area contributed by atoms with Crippen molar-refractivity contribution in [3.8, 4) is 11.3 Å². The molecule has 102 valence electrons. The molecule has 0 atom stereocenters. The van der Waals surface area contributed by atoms with Crippen molar-refractivity contribution in [1.82, 2.24) is 14.9 Å². The third-order valence-electron chi connectivity index (χ3n) is 3.03. The second-order valence-electron chi connectivity index (χ2n) is 4.34. The van der Waals surface area contributed by atoms with Gasteiger partial charge in [-0.05, 0) is 13.0 Å². The Labute approximate surface area is 114 Å². The number of benzene rings is 1. The van der Waals surface area contributed by atoms with Crippen LogP contribution >= 0.6 is 0 Å². The van der Waals surface area contributed by atoms with Gasteiger partial charge in [0, 0.05) is 24.1 Å². The highest BCUT2D eigenvalue weighted by Gasteiger charge is 2.15. The molecule has 0 radical (unpaired) electrons. The molecule has 2 aromatic heterocycles. The van der Waals surface area contributed by atoms with E-state index >= 15 is 0 Å². The maximum absolute atomic E-state index is 11.6. The minimum absolute atomic E-state index is 0.173. The zero-order chi connectivity index (χ0) is 14.1. The summed E-state index contributed by atoms with van der Waals surface area (Å²) in [6.45, 7) is 2.05. The van der Waals surface area contributed by atoms with E-state index in [1.807, 2.05) is 25.2 Å². The first-order valence-electron chi connectivity index (χ1n) is 6.25. The van der Waals surface area contributed by atoms with Crippen molar-refractivity contribution in [2.45, 2.75) is 6.92 Å². The van der Waals surface area contributed by atoms with Gasteiger partial charge in [0.15, 0.2) is 11.5 Å². The first-order chi connectivity index (χ1) is 9.69. The van der Waals surface area contributed by atoms with E-state index in [1.165, 1.54) is 0 Å². The first-order valence-corrected chi connectivity index (χ1v) is 6.25. The fourth-order valence-electron chi connectivity index (χ4n) is 2.01. The molecule has 20 heavy (non-hydrogen) atoms. The van der Waals surface area contributed by atoms with Gasteiger partial charge in [0.2, 0.25) is 0 Å². The van der Waals surface area contributed by atoms with Crippen LogP contribution in [0, 0.1) is 0 Å². The number of nitrogens with zero attached hydrogens (tertiary/aromatic N) is 3. The number of ether oxygens (including phenoxy) is 1. The zero-order valence-electron chi connectivity index (χ0n) is 11.2. The van der Waals surface area contributed by atoms with E-state index in [9.17, 15) is 4.79 Å². The number of hydrogen-bond donors (Lipinski definition) is 0. The average Bonchev–Trinajstić information content (AvgIpc) is 3.06. The highest BCUT2D eigenvalue weighted by Crippen LogP contribution is 2.25. The predicted molar refractivity (Wildman–Crippen MR) is 72.2 cm³/mol. The summed E-state index contributed by atoms with van der Waals surface area (Å²) in [4.78, 5) is 11.6. The molecule has 0 bridgehead atoms. The number of fused-ring (bicyclic) bond motifs is 1. The SMILES string of the molecule is CCOC(=O)c1cc(-c2ccc3cnn(C)c3c2)on1. The number of aromatic nitrogens is 3. The highest BCUT2D eigenvalue weighted by molar-refractivity contribution is 5.89. The Kier molecular flexibility index (Phi) is 2.98. The summed E-state index contributed by atoms with van der Waals surface area (Å²) in [5.74, 6) is 0.0419. The third-order valence-corrected chi connectivity index (χ3v) is 3.03. The van der Waals surface area contributed by atoms with Crippen LogP contribution in [0.2, 0.25) is 0 Å². The van der Waals surface area contributed by atoms with Crippen molar-refractivity contribution in [1.29, 1.82) is 0 Å². The van der Waals surface area contributed by atoms with Crippen LogP contribution in [0.15, 0.2) is 35.0 Å². The van der Waals surface area contributed by atoms with Crippen molar-refractivity contribution in [2.75, 3.05) is 6.61 Å². The van der Waals surface area contributed by atoms with Crippen molar-refractivity contribution >= 4 is 16.9 Å². The minimum Gasteiger partial charge on any atom is -0.461 e. The molecule has 0 N–H and O–H groups in total. The molecule has 0 amide bonds. The Hall–Kier alpha value is -2.63. The number of esters is 1. The summed E-state index contributed by atoms with van der Waals surface area (Å²) in [6, 6.07) is 7.37. The predicted octanol–water partition coefficient (Wildman–Crippen LogP) is 2.41. The van der Waals surface area contributed by atoms with Gasteiger partial charge in [-0.25, -0.2) is 4.79 Å². The van der Waals surface area contributed by atoms with Crippen molar-refractivity contribution in [3.63, 3.8) is 0 Å². The number of hydrogen-bond acceptors (Lipinski definition) is 5. The van der Waals surface area contributed by atoms with E-state index in [1.54, 1.807) is 23.9 Å². The Morgan fingerprint density at radius 3 is 3.05 bits per heavy atom. The average molecular weight is 271 g/mol. The maximum atomic E-state index is 11.6. The second-order valence-corrected chi connectivity index (χ2v) is 4.34. The molecular formula is C14H13N3O3. The Bertz CT molecular complexity index is 773. The van der Waals surface area contributed by atoms with Crippen LogP contribution < -0.4 is 0 Å². The third kappa shape index (κ3) is 2.05. The van der Waals surface area contributed by atoms with E-state index in [0.717, 1.165) is 16.5 Å². The van der Waals surface area contributed by atoms with Gasteiger partial charge in [-0.15, -0.1) is 0 Å². The van der Waals surface area contributed by atoms with Gasteiger partial charge < -0.3 is 9.26 Å². The normalized spacial score (nSPS) is 10.9. The number of carbonyl (C=O) groups excluding carboxylic acids is 1. The summed E-state index contributed by atoms with van der Waals surface area (Å²) in [6.07, 6.45) is 1.80. The monoisotopic (exact) mass is 271 g/mol. The van der Waals surface area contributed by atoms with E-state index in [0.29, 0.717) is 12.4 Å². The molecule has 0 fully saturated rings. The number of aryl methyl sites for hydroxylation is 1. The lowest BCUT2D eigenvalue weighted by Crippen LogP contribution is -2.04. The van der Waals surface area contributed by atoms with Crippen LogP contribution in [0.3, 0.4) is 0 Å². The topological polar surface area (TPSA) is 70.2 Å². The molecule has 1 aromatic carbocycles. The zero-order valence-corrected chi connectivity index (χ0v) is 11.2. The van der Waals surface area contributed by atoms with Crippen molar-refractivity contribution in [2.24, 2.45) is 7.05 Å². The Morgan fingerprint density at radius 2 is 2.25 bits per heavy atom. The van der Waals surface area contributed by atoms with E-state index < -0.39 is 5.97 Å². The highest BCUT2D eigenvalue weighted by atomic mass is 16.5. The first kappa shape index (κ1) is 12.4. The summed E-state index contributed by atoms with van der Waals surface area (Å²) >= 11 is 0. The molecule has 3 aromatic rings. The second kappa shape index (κ2) is 4.80. The lowest BCUT2D eigenvalue weighted by molar-refractivity contribution is 0.0514. The molecule has 0 aliphatic carbocycles. The molecule has 3 rings (SSSR count). The summed E-state index contributed by atoms with van der Waals surface area (Å²) < 4.78 is 11.9. The summed E-state index contributed by atoms with van der Waals surface area (Å²) in [7, 11) is 1.87. The molecule has 0 saturated carbocycles. The molecule has 0 unspecified atom stereocenters. The summed E-state index contributed by atoms with van der Waals surface area (Å²) in [5, 5.41) is 8.96. The number of rotatable bonds is 3. The fourth-order valence-corrected chi connectivity index (χ4v) is 2.01. The molecule has 0 aliphatic heterocycles. The lowest BCUT2D eigenvalue weighted by atomic mass is 10.1. The van der Waals surface area contributed by atoms with Crippen LogP contribution in [-0.2, 0) is 11.8 Å². The van der Waals surface area contributed by atoms with Crippen LogP contribution in [0.25, 0.3) is 22.2 Å². The van der Waals surface area contributed by atoms with Crippen molar-refractivity contribution < 1.29 is 14.1 Å². The summed E-state index contributed by atoms with van der Waals surface area (Å²) in [5.41, 5.74) is 1.99. The standard InChI is InChI=1S/C14H13N3O3/c1-3-19-14(18)11-7-13(20-16-11)9-4-5-10-8-15-17(2)12(10)6-9/h4-8H,3H2,1-2H3. The molecule has 2 heterocycles. The molecule has 0 saturated heterocycles. The van der Waals surface area contributed by atoms with Gasteiger partial charge >= 0.3 is 5.97 Å². The molecule has 6 nitrogen and oxygen atoms in total. The van der Waals surface area contributed by atoms with Gasteiger partial charge in [0.05, 0.1) is 18.3 Å². The number of carbonyl (C=O) groups is 1. The minimum atomic E-state index is -0.482. The van der Waals surface area contributed by atoms with Crippen molar-refractivity contribution in [3.05, 3.63) is 36.2 Å². The van der Waals surface area contributed by atoms with Gasteiger partial charge in [-0.1, -0.05) is 17.3 Å². The van der Waals surface area contributed by atoms with E-state index in [4.69, 9.17) is 9.26 Å². The largest absolute Gasteiger partial charge is 0.461 e. The Morgan fingerprint density at radius 1 is 1.40 bits per heavy atom. The quantitative estimate of drug-likeness (QED) is 0.684. The maximum Gasteiger partial charge on any atom is 0.360 e. The fraction of sp³-hybridized carbons (Fsp3) is 0.214. The molecule has 0 aliphatic rings. The van der Waals surface area contributed by atoms with Crippen LogP contribution in [0.1, 0.15) is 17.4 Å². The van der Waals surface area contributed by atoms with E-state index in [2.05, 4.69) is 10.3 Å². The molecule has 6 heteroatoms. The molecular weight excluding hydrogens is 258 g/mol. The molecule has 0 spiro atoms. The van der Waals surface area contributed by atoms with Gasteiger partial charge in [0.1, 0.15) is 0 Å². The van der Waals surface area contributed by atoms with Gasteiger partial charge in [-0.2, -0.15) is 5.10 Å². The van der Waals surface area contributed by atoms with Crippen LogP contribution in [0.5, 0.6) is 0 Å². The van der Waals surface area contributed by atoms with Crippen LogP contribution in [-0.4, -0.2) is 27.5 Å². The van der Waals surface area contributed by atoms with Gasteiger partial charge in [-0.3, -0.25) is 4.68 Å².